The van der Waals surface area contributed by atoms with Gasteiger partial charge in [-0.3, -0.25) is 0 Å². The van der Waals surface area contributed by atoms with Gasteiger partial charge >= 0.3 is 5.97 Å². The Balaban J connectivity index is 2.17. The molecule has 0 radical (unpaired) electrons. The lowest BCUT2D eigenvalue weighted by atomic mass is 10.2. The maximum Gasteiger partial charge on any atom is 0.377 e. The van der Waals surface area contributed by atoms with Crippen LogP contribution >= 0.6 is 11.6 Å². The van der Waals surface area contributed by atoms with Crippen LogP contribution in [0.2, 0.25) is 5.02 Å². The number of ether oxygens (including phenoxy) is 1. The van der Waals surface area contributed by atoms with E-state index < -0.39 is 5.97 Å². The molecule has 2 rings (SSSR count). The van der Waals surface area contributed by atoms with Gasteiger partial charge in [-0.05, 0) is 11.6 Å². The average Bonchev–Trinajstić information content (AvgIpc) is 2.80. The van der Waals surface area contributed by atoms with E-state index in [4.69, 9.17) is 11.6 Å². The molecule has 0 aliphatic heterocycles. The number of carbonyl (C=O) groups excluding carboxylic acids is 1. The van der Waals surface area contributed by atoms with Gasteiger partial charge in [0.1, 0.15) is 6.33 Å². The Labute approximate surface area is 103 Å². The van der Waals surface area contributed by atoms with Gasteiger partial charge in [0.05, 0.1) is 13.7 Å². The van der Waals surface area contributed by atoms with Gasteiger partial charge in [-0.15, -0.1) is 5.10 Å². The Kier molecular flexibility index (Phi) is 3.39. The Bertz CT molecular complexity index is 539. The summed E-state index contributed by atoms with van der Waals surface area (Å²) in [5, 5.41) is 4.64. The second kappa shape index (κ2) is 4.97. The standard InChI is InChI=1S/C11H10ClN3O2/c1-17-11(16)10-13-7-15(14-10)6-8-4-2-3-5-9(8)12/h2-5,7H,6H2,1H3. The molecule has 2 aromatic rings. The van der Waals surface area contributed by atoms with Crippen LogP contribution in [0.4, 0.5) is 0 Å². The first-order chi connectivity index (χ1) is 8.20. The number of halogens is 1. The fourth-order valence-electron chi connectivity index (χ4n) is 1.36. The van der Waals surface area contributed by atoms with Crippen LogP contribution in [-0.2, 0) is 11.3 Å². The largest absolute Gasteiger partial charge is 0.463 e. The minimum absolute atomic E-state index is 0.0413. The predicted molar refractivity (Wildman–Crippen MR) is 61.9 cm³/mol. The molecule has 0 N–H and O–H groups in total. The first kappa shape index (κ1) is 11.6. The third kappa shape index (κ3) is 2.62. The fraction of sp³-hybridized carbons (Fsp3) is 0.182. The highest BCUT2D eigenvalue weighted by atomic mass is 35.5. The number of esters is 1. The summed E-state index contributed by atoms with van der Waals surface area (Å²) in [6.07, 6.45) is 1.47. The van der Waals surface area contributed by atoms with Crippen molar-refractivity contribution in [1.29, 1.82) is 0 Å². The maximum atomic E-state index is 11.2. The second-order valence-electron chi connectivity index (χ2n) is 3.35. The first-order valence-corrected chi connectivity index (χ1v) is 5.29. The highest BCUT2D eigenvalue weighted by Gasteiger charge is 2.11. The molecule has 0 unspecified atom stereocenters. The highest BCUT2D eigenvalue weighted by Crippen LogP contribution is 2.15. The lowest BCUT2D eigenvalue weighted by Gasteiger charge is -2.02. The van der Waals surface area contributed by atoms with Crippen LogP contribution in [0.25, 0.3) is 0 Å². The van der Waals surface area contributed by atoms with Crippen molar-refractivity contribution in [2.24, 2.45) is 0 Å². The molecule has 1 heterocycles. The molecule has 0 aliphatic rings. The lowest BCUT2D eigenvalue weighted by molar-refractivity contribution is 0.0586. The Morgan fingerprint density at radius 1 is 1.47 bits per heavy atom. The Hall–Kier alpha value is -1.88. The van der Waals surface area contributed by atoms with Crippen LogP contribution in [0, 0.1) is 0 Å². The van der Waals surface area contributed by atoms with Crippen LogP contribution in [0.3, 0.4) is 0 Å². The molecule has 17 heavy (non-hydrogen) atoms. The SMILES string of the molecule is COC(=O)c1ncn(Cc2ccccc2Cl)n1. The zero-order valence-electron chi connectivity index (χ0n) is 9.13. The summed E-state index contributed by atoms with van der Waals surface area (Å²) in [4.78, 5) is 15.0. The summed E-state index contributed by atoms with van der Waals surface area (Å²) < 4.78 is 6.06. The van der Waals surface area contributed by atoms with Gasteiger partial charge in [0.25, 0.3) is 5.82 Å². The van der Waals surface area contributed by atoms with Crippen molar-refractivity contribution in [3.63, 3.8) is 0 Å². The topological polar surface area (TPSA) is 57.0 Å². The van der Waals surface area contributed by atoms with Gasteiger partial charge in [-0.25, -0.2) is 14.5 Å². The lowest BCUT2D eigenvalue weighted by Crippen LogP contribution is -2.06. The molecule has 0 fully saturated rings. The van der Waals surface area contributed by atoms with Gasteiger partial charge < -0.3 is 4.74 Å². The van der Waals surface area contributed by atoms with Crippen molar-refractivity contribution in [3.05, 3.63) is 47.0 Å². The number of hydrogen-bond acceptors (Lipinski definition) is 4. The van der Waals surface area contributed by atoms with Crippen molar-refractivity contribution < 1.29 is 9.53 Å². The van der Waals surface area contributed by atoms with E-state index in [0.717, 1.165) is 5.56 Å². The maximum absolute atomic E-state index is 11.2. The minimum atomic E-state index is -0.553. The number of aromatic nitrogens is 3. The zero-order chi connectivity index (χ0) is 12.3. The number of nitrogens with zero attached hydrogens (tertiary/aromatic N) is 3. The third-order valence-corrected chi connectivity index (χ3v) is 2.56. The van der Waals surface area contributed by atoms with Crippen LogP contribution in [-0.4, -0.2) is 27.8 Å². The van der Waals surface area contributed by atoms with Gasteiger partial charge in [0.2, 0.25) is 0 Å². The molecule has 5 nitrogen and oxygen atoms in total. The fourth-order valence-corrected chi connectivity index (χ4v) is 1.55. The number of methoxy groups -OCH3 is 1. The third-order valence-electron chi connectivity index (χ3n) is 2.19. The molecule has 88 valence electrons. The number of hydrogen-bond donors (Lipinski definition) is 0. The van der Waals surface area contributed by atoms with E-state index in [1.165, 1.54) is 18.1 Å². The summed E-state index contributed by atoms with van der Waals surface area (Å²) in [5.74, 6) is -0.512. The second-order valence-corrected chi connectivity index (χ2v) is 3.76. The molecule has 1 aromatic carbocycles. The summed E-state index contributed by atoms with van der Waals surface area (Å²) in [6, 6.07) is 7.43. The molecular formula is C11H10ClN3O2. The van der Waals surface area contributed by atoms with Crippen molar-refractivity contribution in [1.82, 2.24) is 14.8 Å². The predicted octanol–water partition coefficient (Wildman–Crippen LogP) is 1.77. The summed E-state index contributed by atoms with van der Waals surface area (Å²) in [6.45, 7) is 0.462. The molecule has 0 spiro atoms. The average molecular weight is 252 g/mol. The van der Waals surface area contributed by atoms with E-state index in [-0.39, 0.29) is 5.82 Å². The Morgan fingerprint density at radius 2 is 2.24 bits per heavy atom. The Morgan fingerprint density at radius 3 is 2.94 bits per heavy atom. The van der Waals surface area contributed by atoms with Gasteiger partial charge in [-0.1, -0.05) is 29.8 Å². The van der Waals surface area contributed by atoms with Gasteiger partial charge in [-0.2, -0.15) is 0 Å². The normalized spacial score (nSPS) is 10.2. The van der Waals surface area contributed by atoms with E-state index in [9.17, 15) is 4.79 Å². The summed E-state index contributed by atoms with van der Waals surface area (Å²) in [7, 11) is 1.29. The van der Waals surface area contributed by atoms with E-state index in [0.29, 0.717) is 11.6 Å². The van der Waals surface area contributed by atoms with Gasteiger partial charge in [0, 0.05) is 5.02 Å². The molecule has 0 saturated heterocycles. The van der Waals surface area contributed by atoms with Crippen molar-refractivity contribution >= 4 is 17.6 Å². The van der Waals surface area contributed by atoms with Crippen molar-refractivity contribution in [2.75, 3.05) is 7.11 Å². The van der Waals surface area contributed by atoms with Crippen LogP contribution in [0.1, 0.15) is 16.2 Å². The summed E-state index contributed by atoms with van der Waals surface area (Å²) >= 11 is 6.02. The minimum Gasteiger partial charge on any atom is -0.463 e. The van der Waals surface area contributed by atoms with Crippen molar-refractivity contribution in [3.8, 4) is 0 Å². The summed E-state index contributed by atoms with van der Waals surface area (Å²) in [5.41, 5.74) is 0.912. The van der Waals surface area contributed by atoms with E-state index >= 15 is 0 Å². The molecule has 0 saturated carbocycles. The smallest absolute Gasteiger partial charge is 0.377 e. The van der Waals surface area contributed by atoms with Gasteiger partial charge in [0.15, 0.2) is 0 Å². The van der Waals surface area contributed by atoms with Crippen LogP contribution in [0.5, 0.6) is 0 Å². The molecular weight excluding hydrogens is 242 g/mol. The van der Waals surface area contributed by atoms with Crippen LogP contribution < -0.4 is 0 Å². The molecule has 0 aliphatic carbocycles. The van der Waals surface area contributed by atoms with Crippen molar-refractivity contribution in [2.45, 2.75) is 6.54 Å². The molecule has 0 bridgehead atoms. The zero-order valence-corrected chi connectivity index (χ0v) is 9.89. The number of benzene rings is 1. The number of carbonyl (C=O) groups is 1. The number of rotatable bonds is 3. The quantitative estimate of drug-likeness (QED) is 0.780. The van der Waals surface area contributed by atoms with E-state index in [2.05, 4.69) is 14.8 Å². The van der Waals surface area contributed by atoms with E-state index in [1.54, 1.807) is 6.07 Å². The monoisotopic (exact) mass is 251 g/mol. The first-order valence-electron chi connectivity index (χ1n) is 4.92. The molecule has 6 heteroatoms. The molecule has 0 amide bonds. The van der Waals surface area contributed by atoms with E-state index in [1.807, 2.05) is 18.2 Å². The molecule has 1 aromatic heterocycles. The van der Waals surface area contributed by atoms with Crippen LogP contribution in [0.15, 0.2) is 30.6 Å². The molecule has 0 atom stereocenters. The highest BCUT2D eigenvalue weighted by molar-refractivity contribution is 6.31.